The third-order valence-corrected chi connectivity index (χ3v) is 5.91. The summed E-state index contributed by atoms with van der Waals surface area (Å²) in [6, 6.07) is 12.1. The summed E-state index contributed by atoms with van der Waals surface area (Å²) in [6.07, 6.45) is 2.44. The molecule has 1 aliphatic rings. The zero-order chi connectivity index (χ0) is 18.6. The molecule has 26 heavy (non-hydrogen) atoms. The van der Waals surface area contributed by atoms with E-state index in [-0.39, 0.29) is 11.0 Å². The van der Waals surface area contributed by atoms with Gasteiger partial charge in [-0.3, -0.25) is 4.72 Å². The lowest BCUT2D eigenvalue weighted by atomic mass is 10.2. The molecule has 7 heteroatoms. The monoisotopic (exact) mass is 376 g/mol. The van der Waals surface area contributed by atoms with Crippen LogP contribution in [0, 0.1) is 6.92 Å². The highest BCUT2D eigenvalue weighted by Crippen LogP contribution is 2.24. The van der Waals surface area contributed by atoms with Crippen LogP contribution in [0.3, 0.4) is 0 Å². The van der Waals surface area contributed by atoms with Gasteiger partial charge in [0.2, 0.25) is 0 Å². The fraction of sp³-hybridized carbons (Fsp3) is 0.368. The van der Waals surface area contributed by atoms with Crippen molar-refractivity contribution in [1.29, 1.82) is 0 Å². The van der Waals surface area contributed by atoms with Crippen molar-refractivity contribution >= 4 is 21.4 Å². The molecule has 140 valence electrons. The molecule has 1 fully saturated rings. The van der Waals surface area contributed by atoms with Crippen molar-refractivity contribution in [1.82, 2.24) is 0 Å². The molecule has 1 unspecified atom stereocenters. The first kappa shape index (κ1) is 18.5. The zero-order valence-electron chi connectivity index (χ0n) is 15.0. The molecule has 0 spiro atoms. The number of rotatable bonds is 7. The number of benzene rings is 2. The second kappa shape index (κ2) is 7.97. The third kappa shape index (κ3) is 4.47. The molecule has 0 saturated carbocycles. The molecule has 2 N–H and O–H groups in total. The number of ether oxygens (including phenoxy) is 2. The Morgan fingerprint density at radius 2 is 1.88 bits per heavy atom. The number of hydrogen-bond acceptors (Lipinski definition) is 5. The summed E-state index contributed by atoms with van der Waals surface area (Å²) in [7, 11) is -2.10. The van der Waals surface area contributed by atoms with E-state index >= 15 is 0 Å². The Bertz CT molecular complexity index is 844. The van der Waals surface area contributed by atoms with Crippen molar-refractivity contribution in [2.45, 2.75) is 30.8 Å². The molecular weight excluding hydrogens is 352 g/mol. The van der Waals surface area contributed by atoms with E-state index in [0.29, 0.717) is 17.0 Å². The summed E-state index contributed by atoms with van der Waals surface area (Å²) in [5.41, 5.74) is 2.08. The predicted molar refractivity (Wildman–Crippen MR) is 102 cm³/mol. The van der Waals surface area contributed by atoms with Crippen molar-refractivity contribution in [3.63, 3.8) is 0 Å². The van der Waals surface area contributed by atoms with E-state index in [1.54, 1.807) is 44.4 Å². The van der Waals surface area contributed by atoms with E-state index in [1.807, 2.05) is 12.1 Å². The van der Waals surface area contributed by atoms with Crippen molar-refractivity contribution in [2.75, 3.05) is 30.3 Å². The van der Waals surface area contributed by atoms with Gasteiger partial charge >= 0.3 is 0 Å². The van der Waals surface area contributed by atoms with Gasteiger partial charge in [0.25, 0.3) is 10.0 Å². The maximum Gasteiger partial charge on any atom is 0.262 e. The van der Waals surface area contributed by atoms with Crippen LogP contribution in [-0.2, 0) is 14.8 Å². The van der Waals surface area contributed by atoms with E-state index in [2.05, 4.69) is 10.0 Å². The molecular formula is C19H24N2O4S. The smallest absolute Gasteiger partial charge is 0.262 e. The quantitative estimate of drug-likeness (QED) is 0.775. The average Bonchev–Trinajstić information content (AvgIpc) is 3.14. The summed E-state index contributed by atoms with van der Waals surface area (Å²) in [4.78, 5) is 0.235. The van der Waals surface area contributed by atoms with Gasteiger partial charge in [-0.05, 0) is 67.8 Å². The summed E-state index contributed by atoms with van der Waals surface area (Å²) >= 11 is 0. The zero-order valence-corrected chi connectivity index (χ0v) is 15.8. The van der Waals surface area contributed by atoms with Crippen LogP contribution < -0.4 is 14.8 Å². The van der Waals surface area contributed by atoms with Crippen LogP contribution in [0.25, 0.3) is 0 Å². The van der Waals surface area contributed by atoms with Gasteiger partial charge in [-0.1, -0.05) is 0 Å². The highest BCUT2D eigenvalue weighted by atomic mass is 32.2. The van der Waals surface area contributed by atoms with Crippen LogP contribution >= 0.6 is 0 Å². The van der Waals surface area contributed by atoms with E-state index in [9.17, 15) is 8.42 Å². The SMILES string of the molecule is COc1ccc(S(=O)(=O)Nc2ccc(NCC3CCCO3)cc2)c(C)c1. The van der Waals surface area contributed by atoms with E-state index in [0.717, 1.165) is 31.7 Å². The minimum absolute atomic E-state index is 0.235. The molecule has 3 rings (SSSR count). The summed E-state index contributed by atoms with van der Waals surface area (Å²) in [6.45, 7) is 3.34. The van der Waals surface area contributed by atoms with E-state index < -0.39 is 10.0 Å². The first-order chi connectivity index (χ1) is 12.5. The normalized spacial score (nSPS) is 17.1. The molecule has 1 aliphatic heterocycles. The van der Waals surface area contributed by atoms with Gasteiger partial charge in [0.1, 0.15) is 5.75 Å². The van der Waals surface area contributed by atoms with Gasteiger partial charge in [0.05, 0.1) is 18.1 Å². The maximum absolute atomic E-state index is 12.6. The standard InChI is InChI=1S/C19H24N2O4S/c1-14-12-17(24-2)9-10-19(14)26(22,23)21-16-7-5-15(6-8-16)20-13-18-4-3-11-25-18/h5-10,12,18,20-21H,3-4,11,13H2,1-2H3. The Morgan fingerprint density at radius 3 is 2.50 bits per heavy atom. The maximum atomic E-state index is 12.6. The number of sulfonamides is 1. The second-order valence-corrected chi connectivity index (χ2v) is 7.98. The predicted octanol–water partition coefficient (Wildman–Crippen LogP) is 3.40. The molecule has 1 atom stereocenters. The lowest BCUT2D eigenvalue weighted by Gasteiger charge is -2.14. The van der Waals surface area contributed by atoms with Crippen LogP contribution in [0.5, 0.6) is 5.75 Å². The molecule has 0 aliphatic carbocycles. The summed E-state index contributed by atoms with van der Waals surface area (Å²) < 4.78 is 38.6. The highest BCUT2D eigenvalue weighted by molar-refractivity contribution is 7.92. The number of nitrogens with one attached hydrogen (secondary N) is 2. The van der Waals surface area contributed by atoms with Gasteiger partial charge in [-0.15, -0.1) is 0 Å². The topological polar surface area (TPSA) is 76.7 Å². The lowest BCUT2D eigenvalue weighted by molar-refractivity contribution is 0.120. The second-order valence-electron chi connectivity index (χ2n) is 6.33. The third-order valence-electron chi connectivity index (χ3n) is 4.37. The first-order valence-corrected chi connectivity index (χ1v) is 10.1. The van der Waals surface area contributed by atoms with Crippen LogP contribution in [0.15, 0.2) is 47.4 Å². The summed E-state index contributed by atoms with van der Waals surface area (Å²) in [5.74, 6) is 0.628. The molecule has 2 aromatic carbocycles. The van der Waals surface area contributed by atoms with Crippen molar-refractivity contribution in [3.05, 3.63) is 48.0 Å². The fourth-order valence-corrected chi connectivity index (χ4v) is 4.24. The minimum Gasteiger partial charge on any atom is -0.497 e. The molecule has 1 saturated heterocycles. The van der Waals surface area contributed by atoms with Gasteiger partial charge in [0, 0.05) is 24.5 Å². The van der Waals surface area contributed by atoms with Crippen molar-refractivity contribution in [2.24, 2.45) is 0 Å². The van der Waals surface area contributed by atoms with Crippen LogP contribution in [0.2, 0.25) is 0 Å². The van der Waals surface area contributed by atoms with Gasteiger partial charge in [-0.2, -0.15) is 0 Å². The fourth-order valence-electron chi connectivity index (χ4n) is 2.95. The molecule has 0 aromatic heterocycles. The number of anilines is 2. The van der Waals surface area contributed by atoms with Crippen LogP contribution in [-0.4, -0.2) is 34.8 Å². The molecule has 0 radical (unpaired) electrons. The van der Waals surface area contributed by atoms with E-state index in [1.165, 1.54) is 0 Å². The van der Waals surface area contributed by atoms with E-state index in [4.69, 9.17) is 9.47 Å². The number of hydrogen-bond donors (Lipinski definition) is 2. The first-order valence-electron chi connectivity index (χ1n) is 8.61. The summed E-state index contributed by atoms with van der Waals surface area (Å²) in [5, 5.41) is 3.31. The minimum atomic E-state index is -3.65. The Balaban J connectivity index is 1.65. The molecule has 1 heterocycles. The Hall–Kier alpha value is -2.25. The Labute approximate surface area is 154 Å². The molecule has 6 nitrogen and oxygen atoms in total. The Morgan fingerprint density at radius 1 is 1.15 bits per heavy atom. The van der Waals surface area contributed by atoms with Crippen LogP contribution in [0.4, 0.5) is 11.4 Å². The molecule has 0 bridgehead atoms. The van der Waals surface area contributed by atoms with Crippen molar-refractivity contribution < 1.29 is 17.9 Å². The molecule has 0 amide bonds. The molecule has 2 aromatic rings. The average molecular weight is 376 g/mol. The van der Waals surface area contributed by atoms with Gasteiger partial charge < -0.3 is 14.8 Å². The van der Waals surface area contributed by atoms with Crippen molar-refractivity contribution in [3.8, 4) is 5.75 Å². The number of methoxy groups -OCH3 is 1. The van der Waals surface area contributed by atoms with Crippen LogP contribution in [0.1, 0.15) is 18.4 Å². The van der Waals surface area contributed by atoms with Gasteiger partial charge in [-0.25, -0.2) is 8.42 Å². The Kier molecular flexibility index (Phi) is 5.68. The number of aryl methyl sites for hydroxylation is 1. The largest absolute Gasteiger partial charge is 0.497 e. The highest BCUT2D eigenvalue weighted by Gasteiger charge is 2.18. The lowest BCUT2D eigenvalue weighted by Crippen LogP contribution is -2.18. The van der Waals surface area contributed by atoms with Gasteiger partial charge in [0.15, 0.2) is 0 Å².